The summed E-state index contributed by atoms with van der Waals surface area (Å²) in [6.45, 7) is 0. The first-order chi connectivity index (χ1) is 14.9. The molecule has 32 heavy (non-hydrogen) atoms. The van der Waals surface area contributed by atoms with Crippen molar-refractivity contribution in [1.82, 2.24) is 0 Å². The third-order valence-electron chi connectivity index (χ3n) is 3.63. The van der Waals surface area contributed by atoms with Crippen LogP contribution in [0.5, 0.6) is 17.2 Å². The fourth-order valence-electron chi connectivity index (χ4n) is 2.15. The zero-order chi connectivity index (χ0) is 23.8. The quantitative estimate of drug-likeness (QED) is 0.200. The van der Waals surface area contributed by atoms with Crippen LogP contribution < -0.4 is 13.6 Å². The van der Waals surface area contributed by atoms with Crippen LogP contribution in [0.1, 0.15) is 0 Å². The first kappa shape index (κ1) is 26.5. The molecule has 0 atom stereocenters. The second kappa shape index (κ2) is 10.7. The molecule has 0 spiro atoms. The Morgan fingerprint density at radius 2 is 0.688 bits per heavy atom. The van der Waals surface area contributed by atoms with Gasteiger partial charge in [-0.15, -0.1) is 0 Å². The van der Waals surface area contributed by atoms with Gasteiger partial charge in [-0.3, -0.25) is 0 Å². The third-order valence-corrected chi connectivity index (χ3v) is 8.72. The Balaban J connectivity index is 2.09. The molecule has 0 bridgehead atoms. The topological polar surface area (TPSA) is 44.8 Å². The van der Waals surface area contributed by atoms with E-state index >= 15 is 0 Å². The normalized spacial score (nSPS) is 11.4. The molecule has 0 unspecified atom stereocenters. The van der Waals surface area contributed by atoms with E-state index in [2.05, 4.69) is 0 Å². The van der Waals surface area contributed by atoms with Gasteiger partial charge in [-0.05, 0) is 36.4 Å². The fraction of sp³-hybridized carbons (Fsp3) is 0. The summed E-state index contributed by atoms with van der Waals surface area (Å²) in [5.41, 5.74) is 0. The zero-order valence-electron chi connectivity index (χ0n) is 14.9. The zero-order valence-corrected chi connectivity index (χ0v) is 22.6. The molecule has 0 aliphatic rings. The lowest BCUT2D eigenvalue weighted by molar-refractivity contribution is 0.298. The summed E-state index contributed by atoms with van der Waals surface area (Å²) in [5.74, 6) is -0.509. The standard InChI is InChI=1S/C18H6Cl9O4P/c19-7-1-4-10(16(25)13(7)22)29-32(28,30-11-5-2-8(20)14(23)17(11)26)31-12-6-3-9(21)15(24)18(12)27/h1-6H. The first-order valence-electron chi connectivity index (χ1n) is 8.03. The van der Waals surface area contributed by atoms with E-state index in [-0.39, 0.29) is 62.5 Å². The van der Waals surface area contributed by atoms with Crippen LogP contribution in [0, 0.1) is 0 Å². The van der Waals surface area contributed by atoms with Crippen molar-refractivity contribution in [2.75, 3.05) is 0 Å². The molecule has 0 saturated carbocycles. The molecule has 0 aromatic heterocycles. The molecule has 3 rings (SSSR count). The van der Waals surface area contributed by atoms with Crippen LogP contribution in [0.2, 0.25) is 45.2 Å². The number of phosphoric acid groups is 1. The van der Waals surface area contributed by atoms with Crippen molar-refractivity contribution in [3.8, 4) is 17.2 Å². The van der Waals surface area contributed by atoms with E-state index in [1.165, 1.54) is 36.4 Å². The lowest BCUT2D eigenvalue weighted by atomic mass is 10.3. The number of rotatable bonds is 6. The number of phosphoric ester groups is 1. The molecule has 0 amide bonds. The summed E-state index contributed by atoms with van der Waals surface area (Å²) in [6.07, 6.45) is 0. The number of hydrogen-bond donors (Lipinski definition) is 0. The molecule has 0 aliphatic carbocycles. The largest absolute Gasteiger partial charge is 0.647 e. The van der Waals surface area contributed by atoms with Crippen molar-refractivity contribution < 1.29 is 18.1 Å². The molecule has 3 aromatic rings. The van der Waals surface area contributed by atoms with Crippen molar-refractivity contribution in [2.45, 2.75) is 0 Å². The molecule has 4 nitrogen and oxygen atoms in total. The predicted molar refractivity (Wildman–Crippen MR) is 134 cm³/mol. The van der Waals surface area contributed by atoms with Gasteiger partial charge in [-0.2, -0.15) is 4.57 Å². The van der Waals surface area contributed by atoms with Gasteiger partial charge >= 0.3 is 7.82 Å². The molecule has 0 aliphatic heterocycles. The van der Waals surface area contributed by atoms with Crippen LogP contribution >= 0.6 is 112 Å². The predicted octanol–water partition coefficient (Wildman–Crippen LogP) is 11.2. The van der Waals surface area contributed by atoms with Crippen LogP contribution in [0.15, 0.2) is 36.4 Å². The minimum Gasteiger partial charge on any atom is -0.384 e. The van der Waals surface area contributed by atoms with E-state index in [4.69, 9.17) is 118 Å². The van der Waals surface area contributed by atoms with Gasteiger partial charge in [0.15, 0.2) is 17.2 Å². The Morgan fingerprint density at radius 1 is 0.438 bits per heavy atom. The summed E-state index contributed by atoms with van der Waals surface area (Å²) < 4.78 is 30.2. The minimum absolute atomic E-state index is 0.0440. The van der Waals surface area contributed by atoms with E-state index in [1.807, 2.05) is 0 Å². The van der Waals surface area contributed by atoms with Gasteiger partial charge in [-0.1, -0.05) is 104 Å². The van der Waals surface area contributed by atoms with Gasteiger partial charge in [0.2, 0.25) is 0 Å². The van der Waals surface area contributed by atoms with E-state index in [0.717, 1.165) is 0 Å². The Kier molecular flexibility index (Phi) is 8.83. The Bertz CT molecular complexity index is 1100. The lowest BCUT2D eigenvalue weighted by Crippen LogP contribution is -2.08. The highest BCUT2D eigenvalue weighted by Gasteiger charge is 2.36. The van der Waals surface area contributed by atoms with Crippen LogP contribution in [0.3, 0.4) is 0 Å². The maximum atomic E-state index is 13.7. The third kappa shape index (κ3) is 5.75. The Labute approximate surface area is 227 Å². The molecule has 0 heterocycles. The second-order valence-electron chi connectivity index (χ2n) is 5.74. The van der Waals surface area contributed by atoms with Gasteiger partial charge in [0, 0.05) is 0 Å². The number of hydrogen-bond acceptors (Lipinski definition) is 4. The summed E-state index contributed by atoms with van der Waals surface area (Å²) in [4.78, 5) is 0. The van der Waals surface area contributed by atoms with E-state index in [9.17, 15) is 4.57 Å². The van der Waals surface area contributed by atoms with Gasteiger partial charge in [0.05, 0.1) is 30.1 Å². The van der Waals surface area contributed by atoms with E-state index in [0.29, 0.717) is 0 Å². The molecule has 0 saturated heterocycles. The molecule has 14 heteroatoms. The van der Waals surface area contributed by atoms with Crippen LogP contribution in [0.4, 0.5) is 0 Å². The van der Waals surface area contributed by atoms with Crippen molar-refractivity contribution in [2.24, 2.45) is 0 Å². The number of benzene rings is 3. The van der Waals surface area contributed by atoms with Crippen LogP contribution in [-0.2, 0) is 4.57 Å². The lowest BCUT2D eigenvalue weighted by Gasteiger charge is -2.21. The maximum Gasteiger partial charge on any atom is 0.647 e. The highest BCUT2D eigenvalue weighted by molar-refractivity contribution is 7.49. The molecule has 0 N–H and O–H groups in total. The average Bonchev–Trinajstić information content (AvgIpc) is 2.75. The molecule has 3 aromatic carbocycles. The van der Waals surface area contributed by atoms with Gasteiger partial charge in [-0.25, -0.2) is 0 Å². The van der Waals surface area contributed by atoms with E-state index in [1.54, 1.807) is 0 Å². The molecular weight excluding hydrogens is 630 g/mol. The maximum absolute atomic E-state index is 13.7. The van der Waals surface area contributed by atoms with Crippen molar-refractivity contribution in [3.05, 3.63) is 81.6 Å². The van der Waals surface area contributed by atoms with E-state index < -0.39 is 7.82 Å². The Morgan fingerprint density at radius 3 is 0.938 bits per heavy atom. The second-order valence-corrected chi connectivity index (χ2v) is 10.7. The van der Waals surface area contributed by atoms with Crippen molar-refractivity contribution in [1.29, 1.82) is 0 Å². The minimum atomic E-state index is -4.63. The highest BCUT2D eigenvalue weighted by atomic mass is 35.5. The highest BCUT2D eigenvalue weighted by Crippen LogP contribution is 2.55. The summed E-state index contributed by atoms with van der Waals surface area (Å²) in [7, 11) is -4.63. The smallest absolute Gasteiger partial charge is 0.384 e. The molecule has 170 valence electrons. The summed E-state index contributed by atoms with van der Waals surface area (Å²) in [6, 6.07) is 8.03. The van der Waals surface area contributed by atoms with Gasteiger partial charge in [0.25, 0.3) is 0 Å². The van der Waals surface area contributed by atoms with Crippen molar-refractivity contribution >= 4 is 112 Å². The summed E-state index contributed by atoms with van der Waals surface area (Å²) >= 11 is 54.4. The molecule has 0 fully saturated rings. The van der Waals surface area contributed by atoms with Crippen LogP contribution in [0.25, 0.3) is 0 Å². The number of halogens is 9. The average molecular weight is 636 g/mol. The SMILES string of the molecule is O=P(Oc1ccc(Cl)c(Cl)c1Cl)(Oc1ccc(Cl)c(Cl)c1Cl)Oc1ccc(Cl)c(Cl)c1Cl. The van der Waals surface area contributed by atoms with Crippen molar-refractivity contribution in [3.63, 3.8) is 0 Å². The molecular formula is C18H6Cl9O4P. The summed E-state index contributed by atoms with van der Waals surface area (Å²) in [5, 5.41) is -0.152. The molecule has 0 radical (unpaired) electrons. The Hall–Kier alpha value is -0.100. The van der Waals surface area contributed by atoms with Crippen LogP contribution in [-0.4, -0.2) is 0 Å². The van der Waals surface area contributed by atoms with Gasteiger partial charge in [0.1, 0.15) is 15.1 Å². The monoisotopic (exact) mass is 632 g/mol. The first-order valence-corrected chi connectivity index (χ1v) is 12.9. The van der Waals surface area contributed by atoms with Gasteiger partial charge < -0.3 is 13.6 Å². The fourth-order valence-corrected chi connectivity index (χ4v) is 5.30.